The van der Waals surface area contributed by atoms with Crippen LogP contribution in [-0.2, 0) is 7.05 Å². The lowest BCUT2D eigenvalue weighted by atomic mass is 9.97. The maximum atomic E-state index is 12.7. The maximum Gasteiger partial charge on any atom is 0.326 e. The molecule has 1 aliphatic heterocycles. The molecule has 4 aromatic rings. The normalized spacial score (nSPS) is 20.8. The number of aromatic nitrogens is 6. The van der Waals surface area contributed by atoms with Crippen LogP contribution in [0.3, 0.4) is 0 Å². The molecule has 176 valence electrons. The van der Waals surface area contributed by atoms with Crippen LogP contribution in [0.15, 0.2) is 35.4 Å². The first-order valence-electron chi connectivity index (χ1n) is 11.9. The van der Waals surface area contributed by atoms with Gasteiger partial charge >= 0.3 is 5.69 Å². The van der Waals surface area contributed by atoms with E-state index in [1.54, 1.807) is 4.57 Å². The summed E-state index contributed by atoms with van der Waals surface area (Å²) >= 11 is 0. The minimum Gasteiger partial charge on any atom is -0.352 e. The molecule has 1 aromatic carbocycles. The Morgan fingerprint density at radius 3 is 2.82 bits per heavy atom. The van der Waals surface area contributed by atoms with E-state index >= 15 is 0 Å². The van der Waals surface area contributed by atoms with Gasteiger partial charge in [-0.1, -0.05) is 12.1 Å². The van der Waals surface area contributed by atoms with Gasteiger partial charge in [-0.05, 0) is 50.7 Å². The molecule has 2 atom stereocenters. The third kappa shape index (κ3) is 3.44. The molecule has 10 heteroatoms. The lowest BCUT2D eigenvalue weighted by Gasteiger charge is -2.38. The second-order valence-corrected chi connectivity index (χ2v) is 9.56. The summed E-state index contributed by atoms with van der Waals surface area (Å²) in [6.45, 7) is 3.56. The van der Waals surface area contributed by atoms with Crippen LogP contribution in [0.4, 0.5) is 5.82 Å². The van der Waals surface area contributed by atoms with Gasteiger partial charge in [0, 0.05) is 32.2 Å². The molecule has 6 rings (SSSR count). The van der Waals surface area contributed by atoms with E-state index in [2.05, 4.69) is 37.1 Å². The van der Waals surface area contributed by atoms with Crippen LogP contribution in [0, 0.1) is 5.92 Å². The molecular weight excluding hydrogens is 432 g/mol. The number of anilines is 1. The van der Waals surface area contributed by atoms with Crippen molar-refractivity contribution in [2.45, 2.75) is 44.7 Å². The predicted molar refractivity (Wildman–Crippen MR) is 129 cm³/mol. The Morgan fingerprint density at radius 1 is 1.21 bits per heavy atom. The highest BCUT2D eigenvalue weighted by Gasteiger charge is 2.32. The van der Waals surface area contributed by atoms with Crippen LogP contribution in [0.1, 0.15) is 49.3 Å². The highest BCUT2D eigenvalue weighted by atomic mass is 16.2. The third-order valence-electron chi connectivity index (χ3n) is 7.20. The Kier molecular flexibility index (Phi) is 4.89. The fourth-order valence-electron chi connectivity index (χ4n) is 5.17. The van der Waals surface area contributed by atoms with Crippen molar-refractivity contribution in [3.8, 4) is 0 Å². The van der Waals surface area contributed by atoms with Crippen molar-refractivity contribution < 1.29 is 4.79 Å². The number of carbonyl (C=O) groups is 1. The summed E-state index contributed by atoms with van der Waals surface area (Å²) < 4.78 is 3.63. The minimum atomic E-state index is -0.177. The van der Waals surface area contributed by atoms with Crippen molar-refractivity contribution in [2.75, 3.05) is 18.0 Å². The number of aryl methyl sites for hydroxylation is 1. The molecule has 34 heavy (non-hydrogen) atoms. The number of hydrogen-bond donors (Lipinski definition) is 2. The topological polar surface area (TPSA) is 114 Å². The molecule has 2 aliphatic rings. The van der Waals surface area contributed by atoms with E-state index in [-0.39, 0.29) is 23.7 Å². The number of nitrogens with zero attached hydrogens (tertiary/aromatic N) is 6. The lowest BCUT2D eigenvalue weighted by molar-refractivity contribution is 0.0939. The average molecular weight is 461 g/mol. The zero-order valence-corrected chi connectivity index (χ0v) is 19.4. The van der Waals surface area contributed by atoms with Gasteiger partial charge in [0.2, 0.25) is 5.82 Å². The van der Waals surface area contributed by atoms with Gasteiger partial charge in [0.05, 0.1) is 11.0 Å². The van der Waals surface area contributed by atoms with Crippen LogP contribution in [0.5, 0.6) is 0 Å². The van der Waals surface area contributed by atoms with Gasteiger partial charge in [-0.15, -0.1) is 0 Å². The van der Waals surface area contributed by atoms with Crippen molar-refractivity contribution in [3.05, 3.63) is 46.9 Å². The largest absolute Gasteiger partial charge is 0.352 e. The maximum absolute atomic E-state index is 12.7. The number of H-pyrrole nitrogens is 1. The van der Waals surface area contributed by atoms with Crippen LogP contribution < -0.4 is 15.9 Å². The number of hydrogen-bond acceptors (Lipinski definition) is 6. The van der Waals surface area contributed by atoms with E-state index in [1.807, 2.05) is 35.9 Å². The van der Waals surface area contributed by atoms with E-state index in [0.29, 0.717) is 29.5 Å². The number of piperidine rings is 1. The predicted octanol–water partition coefficient (Wildman–Crippen LogP) is 2.38. The average Bonchev–Trinajstić information content (AvgIpc) is 3.52. The first-order valence-corrected chi connectivity index (χ1v) is 11.9. The molecule has 0 radical (unpaired) electrons. The molecule has 3 aromatic heterocycles. The number of aromatic amines is 1. The zero-order valence-electron chi connectivity index (χ0n) is 19.4. The van der Waals surface area contributed by atoms with E-state index in [9.17, 15) is 9.59 Å². The van der Waals surface area contributed by atoms with Gasteiger partial charge in [0.1, 0.15) is 6.33 Å². The number of rotatable bonds is 5. The number of para-hydroxylation sites is 2. The summed E-state index contributed by atoms with van der Waals surface area (Å²) in [6.07, 6.45) is 5.50. The molecule has 1 saturated carbocycles. The minimum absolute atomic E-state index is 0.0668. The SMILES string of the molecule is CC1CC(n2c(=O)[nH]c3ccccc32)CCN1c1ncnc2c1nc(C(=O)NCC1CC1)n2C. The molecular formula is C24H28N8O2. The molecule has 1 amide bonds. The van der Waals surface area contributed by atoms with E-state index in [0.717, 1.165) is 36.2 Å². The second kappa shape index (κ2) is 7.96. The summed E-state index contributed by atoms with van der Waals surface area (Å²) in [5.41, 5.74) is 3.01. The Balaban J connectivity index is 1.28. The zero-order chi connectivity index (χ0) is 23.4. The third-order valence-corrected chi connectivity index (χ3v) is 7.20. The van der Waals surface area contributed by atoms with Gasteiger partial charge in [-0.25, -0.2) is 19.7 Å². The van der Waals surface area contributed by atoms with E-state index in [1.165, 1.54) is 19.2 Å². The Labute approximate surface area is 196 Å². The molecule has 0 bridgehead atoms. The van der Waals surface area contributed by atoms with Gasteiger partial charge in [0.25, 0.3) is 5.91 Å². The summed E-state index contributed by atoms with van der Waals surface area (Å²) in [7, 11) is 1.82. The molecule has 1 aliphatic carbocycles. The Hall–Kier alpha value is -3.69. The number of nitrogens with one attached hydrogen (secondary N) is 2. The summed E-state index contributed by atoms with van der Waals surface area (Å²) in [5, 5.41) is 2.99. The molecule has 2 unspecified atom stereocenters. The fourth-order valence-corrected chi connectivity index (χ4v) is 5.17. The molecule has 0 spiro atoms. The van der Waals surface area contributed by atoms with Crippen molar-refractivity contribution in [1.29, 1.82) is 0 Å². The summed E-state index contributed by atoms with van der Waals surface area (Å²) in [5.74, 6) is 1.51. The number of imidazole rings is 2. The second-order valence-electron chi connectivity index (χ2n) is 9.56. The number of carbonyl (C=O) groups excluding carboxylic acids is 1. The fraction of sp³-hybridized carbons (Fsp3) is 0.458. The van der Waals surface area contributed by atoms with E-state index in [4.69, 9.17) is 0 Å². The van der Waals surface area contributed by atoms with Gasteiger partial charge in [0.15, 0.2) is 17.0 Å². The Bertz CT molecular complexity index is 1450. The summed E-state index contributed by atoms with van der Waals surface area (Å²) in [6, 6.07) is 8.04. The summed E-state index contributed by atoms with van der Waals surface area (Å²) in [4.78, 5) is 44.3. The standard InChI is InChI=1S/C24H28N8O2/c1-14-11-16(32-18-6-4-3-5-17(18)28-24(32)34)9-10-31(14)21-19-20(26-13-27-21)30(2)22(29-19)23(33)25-12-15-7-8-15/h3-6,13-16H,7-12H2,1-2H3,(H,25,33)(H,28,34). The highest BCUT2D eigenvalue weighted by Crippen LogP contribution is 2.33. The van der Waals surface area contributed by atoms with Crippen molar-refractivity contribution in [3.63, 3.8) is 0 Å². The van der Waals surface area contributed by atoms with E-state index < -0.39 is 0 Å². The van der Waals surface area contributed by atoms with Gasteiger partial charge < -0.3 is 19.8 Å². The first-order chi connectivity index (χ1) is 16.5. The van der Waals surface area contributed by atoms with Crippen LogP contribution in [-0.4, -0.2) is 54.1 Å². The highest BCUT2D eigenvalue weighted by molar-refractivity contribution is 5.96. The van der Waals surface area contributed by atoms with Crippen LogP contribution >= 0.6 is 0 Å². The Morgan fingerprint density at radius 2 is 2.03 bits per heavy atom. The lowest BCUT2D eigenvalue weighted by Crippen LogP contribution is -2.43. The van der Waals surface area contributed by atoms with Crippen molar-refractivity contribution in [1.82, 2.24) is 34.4 Å². The molecule has 4 heterocycles. The van der Waals surface area contributed by atoms with Crippen molar-refractivity contribution >= 4 is 33.9 Å². The number of amides is 1. The molecule has 10 nitrogen and oxygen atoms in total. The van der Waals surface area contributed by atoms with Gasteiger partial charge in [-0.3, -0.25) is 9.36 Å². The first kappa shape index (κ1) is 20.9. The monoisotopic (exact) mass is 460 g/mol. The molecule has 2 fully saturated rings. The van der Waals surface area contributed by atoms with Crippen LogP contribution in [0.25, 0.3) is 22.2 Å². The van der Waals surface area contributed by atoms with Crippen molar-refractivity contribution in [2.24, 2.45) is 13.0 Å². The smallest absolute Gasteiger partial charge is 0.326 e. The van der Waals surface area contributed by atoms with Gasteiger partial charge in [-0.2, -0.15) is 0 Å². The molecule has 2 N–H and O–H groups in total. The number of fused-ring (bicyclic) bond motifs is 2. The van der Waals surface area contributed by atoms with Crippen LogP contribution in [0.2, 0.25) is 0 Å². The quantitative estimate of drug-likeness (QED) is 0.473. The number of benzene rings is 1. The molecule has 1 saturated heterocycles.